The van der Waals surface area contributed by atoms with E-state index in [9.17, 15) is 48.2 Å². The summed E-state index contributed by atoms with van der Waals surface area (Å²) in [6.45, 7) is 0.865. The summed E-state index contributed by atoms with van der Waals surface area (Å²) in [5.74, 6) is -1.87. The smallest absolute Gasteiger partial charge is 0.416 e. The van der Waals surface area contributed by atoms with Gasteiger partial charge < -0.3 is 34.9 Å². The van der Waals surface area contributed by atoms with Gasteiger partial charge in [-0.15, -0.1) is 10.1 Å². The highest BCUT2D eigenvalue weighted by atomic mass is 19.4. The van der Waals surface area contributed by atoms with Gasteiger partial charge in [0.15, 0.2) is 0 Å². The molecule has 0 heterocycles. The molecule has 1 aromatic rings. The minimum Gasteiger partial charge on any atom is -0.491 e. The molecular formula is C29H39F3N2O10. The number of allylic oxidation sites excluding steroid dienone is 2. The zero-order valence-corrected chi connectivity index (χ0v) is 24.2. The third-order valence-corrected chi connectivity index (χ3v) is 6.86. The van der Waals surface area contributed by atoms with Crippen LogP contribution >= 0.6 is 0 Å². The molecule has 1 saturated carbocycles. The highest BCUT2D eigenvalue weighted by molar-refractivity contribution is 5.84. The molecule has 1 aliphatic rings. The molecule has 15 heteroatoms. The van der Waals surface area contributed by atoms with Gasteiger partial charge >= 0.3 is 12.1 Å². The van der Waals surface area contributed by atoms with E-state index in [4.69, 9.17) is 9.47 Å². The van der Waals surface area contributed by atoms with Crippen LogP contribution in [0, 0.1) is 22.0 Å². The molecule has 1 unspecified atom stereocenters. The third kappa shape index (κ3) is 13.3. The Kier molecular flexibility index (Phi) is 15.1. The Morgan fingerprint density at radius 2 is 1.93 bits per heavy atom. The fourth-order valence-electron chi connectivity index (χ4n) is 4.58. The van der Waals surface area contributed by atoms with Gasteiger partial charge in [0.2, 0.25) is 5.91 Å². The quantitative estimate of drug-likeness (QED) is 0.0618. The van der Waals surface area contributed by atoms with Gasteiger partial charge in [0.25, 0.3) is 5.09 Å². The number of unbranched alkanes of at least 4 members (excludes halogenated alkanes) is 1. The molecule has 1 aliphatic carbocycles. The molecule has 6 atom stereocenters. The number of rotatable bonds is 18. The molecule has 44 heavy (non-hydrogen) atoms. The Hall–Kier alpha value is -3.69. The van der Waals surface area contributed by atoms with Crippen LogP contribution in [0.1, 0.15) is 51.0 Å². The molecule has 0 radical (unpaired) electrons. The second-order valence-electron chi connectivity index (χ2n) is 10.4. The second-order valence-corrected chi connectivity index (χ2v) is 10.4. The van der Waals surface area contributed by atoms with E-state index in [-0.39, 0.29) is 56.7 Å². The molecule has 1 fully saturated rings. The van der Waals surface area contributed by atoms with Crippen LogP contribution in [-0.2, 0) is 25.3 Å². The van der Waals surface area contributed by atoms with Crippen molar-refractivity contribution < 1.29 is 57.5 Å². The maximum atomic E-state index is 12.9. The van der Waals surface area contributed by atoms with Crippen LogP contribution in [0.3, 0.4) is 0 Å². The van der Waals surface area contributed by atoms with Crippen LogP contribution < -0.4 is 10.1 Å². The van der Waals surface area contributed by atoms with Gasteiger partial charge in [-0.25, -0.2) is 4.79 Å². The van der Waals surface area contributed by atoms with Crippen molar-refractivity contribution in [1.29, 1.82) is 0 Å². The zero-order chi connectivity index (χ0) is 32.7. The summed E-state index contributed by atoms with van der Waals surface area (Å²) in [6.07, 6.45) is 1.22. The monoisotopic (exact) mass is 632 g/mol. The van der Waals surface area contributed by atoms with Crippen molar-refractivity contribution >= 4 is 11.9 Å². The van der Waals surface area contributed by atoms with Crippen molar-refractivity contribution in [3.05, 3.63) is 64.2 Å². The first-order valence-electron chi connectivity index (χ1n) is 14.2. The number of aliphatic hydroxyl groups excluding tert-OH is 3. The summed E-state index contributed by atoms with van der Waals surface area (Å²) in [4.78, 5) is 38.2. The van der Waals surface area contributed by atoms with Crippen LogP contribution in [-0.4, -0.2) is 76.5 Å². The lowest BCUT2D eigenvalue weighted by atomic mass is 9.89. The lowest BCUT2D eigenvalue weighted by Crippen LogP contribution is -2.39. The van der Waals surface area contributed by atoms with Gasteiger partial charge in [0, 0.05) is 25.2 Å². The molecular weight excluding hydrogens is 593 g/mol. The van der Waals surface area contributed by atoms with E-state index in [1.54, 1.807) is 6.08 Å². The van der Waals surface area contributed by atoms with Crippen molar-refractivity contribution in [2.45, 2.75) is 76.0 Å². The average Bonchev–Trinajstić information content (AvgIpc) is 3.22. The molecule has 12 nitrogen and oxygen atoms in total. The fraction of sp³-hybridized carbons (Fsp3) is 0.586. The SMILES string of the molecule is CC(NC(=O)CCCC=CC[C@@H]1[C@@H](C=C[C@@H](O)COc2cccc(C(F)(F)F)c2)[C@H](O)C[C@@H]1O)C(=O)OCCCO[N+](=O)[O-]. The van der Waals surface area contributed by atoms with Gasteiger partial charge in [-0.2, -0.15) is 13.2 Å². The van der Waals surface area contributed by atoms with Crippen LogP contribution in [0.5, 0.6) is 5.75 Å². The molecule has 0 bridgehead atoms. The number of nitrogens with one attached hydrogen (secondary N) is 1. The van der Waals surface area contributed by atoms with Crippen molar-refractivity contribution in [3.63, 3.8) is 0 Å². The van der Waals surface area contributed by atoms with Crippen molar-refractivity contribution in [3.8, 4) is 5.75 Å². The summed E-state index contributed by atoms with van der Waals surface area (Å²) in [7, 11) is 0. The first-order valence-corrected chi connectivity index (χ1v) is 14.2. The normalized spacial score (nSPS) is 21.7. The number of carbonyl (C=O) groups excluding carboxylic acids is 2. The first kappa shape index (κ1) is 36.5. The Morgan fingerprint density at radius 3 is 2.64 bits per heavy atom. The molecule has 2 rings (SSSR count). The number of hydrogen-bond donors (Lipinski definition) is 4. The Morgan fingerprint density at radius 1 is 1.18 bits per heavy atom. The highest BCUT2D eigenvalue weighted by Crippen LogP contribution is 2.36. The standard InChI is InChI=1S/C29H39F3N2O10/c1-19(28(39)42-14-7-15-44-34(40)41)33-27(38)11-5-3-2-4-10-23-24(26(37)17-25(23)36)13-12-21(35)18-43-22-9-6-8-20(16-22)29(30,31)32/h2,4,6,8-9,12-13,16,19,21,23-26,35-37H,3,5,7,10-11,14-15,17-18H2,1H3,(H,33,38)/t19?,21-,23-,24-,25+,26-/m1/s1. The molecule has 0 aliphatic heterocycles. The molecule has 0 spiro atoms. The van der Waals surface area contributed by atoms with Crippen LogP contribution in [0.4, 0.5) is 13.2 Å². The number of carbonyl (C=O) groups is 2. The van der Waals surface area contributed by atoms with E-state index in [0.29, 0.717) is 19.3 Å². The highest BCUT2D eigenvalue weighted by Gasteiger charge is 2.39. The fourth-order valence-corrected chi connectivity index (χ4v) is 4.58. The molecule has 1 amide bonds. The summed E-state index contributed by atoms with van der Waals surface area (Å²) in [6, 6.07) is 3.41. The van der Waals surface area contributed by atoms with E-state index in [2.05, 4.69) is 10.2 Å². The summed E-state index contributed by atoms with van der Waals surface area (Å²) >= 11 is 0. The van der Waals surface area contributed by atoms with E-state index in [1.807, 2.05) is 12.2 Å². The number of halogens is 3. The number of aliphatic hydroxyl groups is 3. The average molecular weight is 633 g/mol. The zero-order valence-electron chi connectivity index (χ0n) is 24.2. The topological polar surface area (TPSA) is 178 Å². The lowest BCUT2D eigenvalue weighted by Gasteiger charge is -2.19. The minimum atomic E-state index is -4.52. The Balaban J connectivity index is 1.71. The van der Waals surface area contributed by atoms with Gasteiger partial charge in [-0.3, -0.25) is 4.79 Å². The van der Waals surface area contributed by atoms with E-state index < -0.39 is 53.1 Å². The molecule has 246 valence electrons. The molecule has 4 N–H and O–H groups in total. The predicted molar refractivity (Wildman–Crippen MR) is 149 cm³/mol. The van der Waals surface area contributed by atoms with Crippen LogP contribution in [0.25, 0.3) is 0 Å². The molecule has 0 saturated heterocycles. The van der Waals surface area contributed by atoms with Crippen molar-refractivity contribution in [2.75, 3.05) is 19.8 Å². The van der Waals surface area contributed by atoms with Crippen molar-refractivity contribution in [2.24, 2.45) is 11.8 Å². The summed E-state index contributed by atoms with van der Waals surface area (Å²) in [5, 5.41) is 42.7. The van der Waals surface area contributed by atoms with Gasteiger partial charge in [-0.05, 0) is 50.3 Å². The maximum absolute atomic E-state index is 12.9. The largest absolute Gasteiger partial charge is 0.491 e. The number of ether oxygens (including phenoxy) is 2. The maximum Gasteiger partial charge on any atom is 0.416 e. The Bertz CT molecular complexity index is 1130. The molecule has 1 aromatic carbocycles. The summed E-state index contributed by atoms with van der Waals surface area (Å²) < 4.78 is 48.8. The summed E-state index contributed by atoms with van der Waals surface area (Å²) in [5.41, 5.74) is -0.868. The predicted octanol–water partition coefficient (Wildman–Crippen LogP) is 3.12. The van der Waals surface area contributed by atoms with E-state index in [1.165, 1.54) is 25.1 Å². The number of benzene rings is 1. The van der Waals surface area contributed by atoms with Crippen LogP contribution in [0.15, 0.2) is 48.6 Å². The third-order valence-electron chi connectivity index (χ3n) is 6.86. The van der Waals surface area contributed by atoms with Crippen molar-refractivity contribution in [1.82, 2.24) is 5.32 Å². The molecule has 0 aromatic heterocycles. The number of hydrogen-bond acceptors (Lipinski definition) is 10. The minimum absolute atomic E-state index is 0.0450. The first-order chi connectivity index (χ1) is 20.8. The van der Waals surface area contributed by atoms with Gasteiger partial charge in [0.1, 0.15) is 24.5 Å². The Labute approximate surface area is 252 Å². The van der Waals surface area contributed by atoms with E-state index in [0.717, 1.165) is 12.1 Å². The number of amides is 1. The van der Waals surface area contributed by atoms with Gasteiger partial charge in [-0.1, -0.05) is 30.4 Å². The number of alkyl halides is 3. The van der Waals surface area contributed by atoms with Crippen LogP contribution in [0.2, 0.25) is 0 Å². The van der Waals surface area contributed by atoms with E-state index >= 15 is 0 Å². The second kappa shape index (κ2) is 18.2. The van der Waals surface area contributed by atoms with Gasteiger partial charge in [0.05, 0.1) is 31.0 Å². The lowest BCUT2D eigenvalue weighted by molar-refractivity contribution is -0.757. The number of esters is 1. The number of nitrogens with zero attached hydrogens (tertiary/aromatic N) is 1.